The van der Waals surface area contributed by atoms with E-state index < -0.39 is 11.7 Å². The monoisotopic (exact) mass is 266 g/mol. The second-order valence-electron chi connectivity index (χ2n) is 3.79. The molecule has 0 radical (unpaired) electrons. The number of benzene rings is 1. The van der Waals surface area contributed by atoms with Crippen molar-refractivity contribution in [3.63, 3.8) is 0 Å². The number of furan rings is 1. The summed E-state index contributed by atoms with van der Waals surface area (Å²) in [4.78, 5) is 11.7. The lowest BCUT2D eigenvalue weighted by molar-refractivity contribution is -0.137. The highest BCUT2D eigenvalue weighted by Crippen LogP contribution is 2.29. The molecule has 0 unspecified atom stereocenters. The summed E-state index contributed by atoms with van der Waals surface area (Å²) in [5.74, 6) is 0.116. The van der Waals surface area contributed by atoms with Crippen LogP contribution < -0.4 is 0 Å². The van der Waals surface area contributed by atoms with Crippen molar-refractivity contribution in [2.75, 3.05) is 0 Å². The molecule has 0 aliphatic carbocycles. The predicted octanol–water partition coefficient (Wildman–Crippen LogP) is 4.19. The van der Waals surface area contributed by atoms with Crippen LogP contribution in [0.1, 0.15) is 21.7 Å². The van der Waals surface area contributed by atoms with E-state index in [1.807, 2.05) is 0 Å². The molecule has 98 valence electrons. The summed E-state index contributed by atoms with van der Waals surface area (Å²) in [5, 5.41) is 0. The van der Waals surface area contributed by atoms with Gasteiger partial charge in [-0.3, -0.25) is 4.79 Å². The SMILES string of the molecule is O=C(C=Cc1ccco1)c1ccc(C(F)(F)F)cc1. The minimum absolute atomic E-state index is 0.191. The number of carbonyl (C=O) groups excluding carboxylic acids is 1. The van der Waals surface area contributed by atoms with Crippen LogP contribution in [0.3, 0.4) is 0 Å². The van der Waals surface area contributed by atoms with E-state index in [1.165, 1.54) is 18.4 Å². The summed E-state index contributed by atoms with van der Waals surface area (Å²) in [6.45, 7) is 0. The number of hydrogen-bond acceptors (Lipinski definition) is 2. The van der Waals surface area contributed by atoms with Gasteiger partial charge in [0.15, 0.2) is 5.78 Å². The van der Waals surface area contributed by atoms with Crippen LogP contribution in [0.15, 0.2) is 53.2 Å². The van der Waals surface area contributed by atoms with Crippen molar-refractivity contribution in [1.82, 2.24) is 0 Å². The molecule has 2 nitrogen and oxygen atoms in total. The van der Waals surface area contributed by atoms with Crippen LogP contribution in [0.25, 0.3) is 6.08 Å². The molecule has 5 heteroatoms. The predicted molar refractivity (Wildman–Crippen MR) is 63.5 cm³/mol. The summed E-state index contributed by atoms with van der Waals surface area (Å²) < 4.78 is 42.0. The number of halogens is 3. The molecular formula is C14H9F3O2. The maximum absolute atomic E-state index is 12.3. The Balaban J connectivity index is 2.12. The molecule has 0 bridgehead atoms. The molecule has 0 amide bonds. The minimum Gasteiger partial charge on any atom is -0.465 e. The van der Waals surface area contributed by atoms with Crippen molar-refractivity contribution in [1.29, 1.82) is 0 Å². The third-order valence-corrected chi connectivity index (χ3v) is 2.44. The van der Waals surface area contributed by atoms with Gasteiger partial charge in [0, 0.05) is 5.56 Å². The number of allylic oxidation sites excluding steroid dienone is 1. The van der Waals surface area contributed by atoms with Crippen LogP contribution in [-0.2, 0) is 6.18 Å². The average molecular weight is 266 g/mol. The zero-order valence-electron chi connectivity index (χ0n) is 9.65. The van der Waals surface area contributed by atoms with Crippen LogP contribution >= 0.6 is 0 Å². The van der Waals surface area contributed by atoms with E-state index in [0.717, 1.165) is 24.3 Å². The molecule has 2 aromatic rings. The van der Waals surface area contributed by atoms with E-state index in [-0.39, 0.29) is 11.3 Å². The average Bonchev–Trinajstić information content (AvgIpc) is 2.88. The molecule has 2 rings (SSSR count). The molecule has 19 heavy (non-hydrogen) atoms. The first-order chi connectivity index (χ1) is 8.97. The van der Waals surface area contributed by atoms with Crippen molar-refractivity contribution in [3.05, 3.63) is 65.6 Å². The summed E-state index contributed by atoms with van der Waals surface area (Å²) in [7, 11) is 0. The summed E-state index contributed by atoms with van der Waals surface area (Å²) in [6, 6.07) is 7.40. The van der Waals surface area contributed by atoms with Gasteiger partial charge in [0.05, 0.1) is 11.8 Å². The van der Waals surface area contributed by atoms with Gasteiger partial charge in [0.2, 0.25) is 0 Å². The van der Waals surface area contributed by atoms with Crippen molar-refractivity contribution in [3.8, 4) is 0 Å². The highest BCUT2D eigenvalue weighted by atomic mass is 19.4. The third kappa shape index (κ3) is 3.34. The lowest BCUT2D eigenvalue weighted by atomic mass is 10.1. The van der Waals surface area contributed by atoms with Crippen LogP contribution in [-0.4, -0.2) is 5.78 Å². The Labute approximate surface area is 107 Å². The molecule has 0 aliphatic rings. The third-order valence-electron chi connectivity index (χ3n) is 2.44. The zero-order chi connectivity index (χ0) is 13.9. The Bertz CT molecular complexity index is 578. The number of carbonyl (C=O) groups is 1. The van der Waals surface area contributed by atoms with Gasteiger partial charge in [-0.2, -0.15) is 13.2 Å². The van der Waals surface area contributed by atoms with Gasteiger partial charge in [-0.15, -0.1) is 0 Å². The molecule has 0 saturated carbocycles. The van der Waals surface area contributed by atoms with Gasteiger partial charge < -0.3 is 4.42 Å². The smallest absolute Gasteiger partial charge is 0.416 e. The van der Waals surface area contributed by atoms with Gasteiger partial charge in [-0.05, 0) is 36.4 Å². The first-order valence-electron chi connectivity index (χ1n) is 5.40. The highest BCUT2D eigenvalue weighted by molar-refractivity contribution is 6.06. The lowest BCUT2D eigenvalue weighted by Gasteiger charge is -2.06. The number of hydrogen-bond donors (Lipinski definition) is 0. The Morgan fingerprint density at radius 1 is 1.11 bits per heavy atom. The van der Waals surface area contributed by atoms with E-state index in [9.17, 15) is 18.0 Å². The van der Waals surface area contributed by atoms with Crippen LogP contribution in [0.2, 0.25) is 0 Å². The molecule has 0 spiro atoms. The molecule has 0 atom stereocenters. The van der Waals surface area contributed by atoms with E-state index in [0.29, 0.717) is 5.76 Å². The van der Waals surface area contributed by atoms with E-state index in [1.54, 1.807) is 12.1 Å². The molecule has 0 saturated heterocycles. The number of alkyl halides is 3. The van der Waals surface area contributed by atoms with Crippen LogP contribution in [0.4, 0.5) is 13.2 Å². The van der Waals surface area contributed by atoms with Crippen molar-refractivity contribution < 1.29 is 22.4 Å². The topological polar surface area (TPSA) is 30.2 Å². The molecule has 0 fully saturated rings. The largest absolute Gasteiger partial charge is 0.465 e. The fourth-order valence-corrected chi connectivity index (χ4v) is 1.46. The zero-order valence-corrected chi connectivity index (χ0v) is 9.65. The van der Waals surface area contributed by atoms with E-state index >= 15 is 0 Å². The van der Waals surface area contributed by atoms with Gasteiger partial charge in [-0.25, -0.2) is 0 Å². The lowest BCUT2D eigenvalue weighted by Crippen LogP contribution is -2.05. The Morgan fingerprint density at radius 3 is 2.32 bits per heavy atom. The van der Waals surface area contributed by atoms with Crippen molar-refractivity contribution in [2.24, 2.45) is 0 Å². The van der Waals surface area contributed by atoms with Crippen LogP contribution in [0.5, 0.6) is 0 Å². The normalized spacial score (nSPS) is 11.9. The Hall–Kier alpha value is -2.30. The number of rotatable bonds is 3. The molecule has 1 aromatic carbocycles. The summed E-state index contributed by atoms with van der Waals surface area (Å²) in [6.07, 6.45) is -0.227. The van der Waals surface area contributed by atoms with Crippen molar-refractivity contribution in [2.45, 2.75) is 6.18 Å². The van der Waals surface area contributed by atoms with E-state index in [2.05, 4.69) is 0 Å². The first-order valence-corrected chi connectivity index (χ1v) is 5.40. The van der Waals surface area contributed by atoms with Gasteiger partial charge in [-0.1, -0.05) is 12.1 Å². The maximum Gasteiger partial charge on any atom is 0.416 e. The van der Waals surface area contributed by atoms with Gasteiger partial charge in [0.1, 0.15) is 5.76 Å². The summed E-state index contributed by atoms with van der Waals surface area (Å²) >= 11 is 0. The van der Waals surface area contributed by atoms with Crippen LogP contribution in [0, 0.1) is 0 Å². The molecule has 1 heterocycles. The minimum atomic E-state index is -4.40. The first kappa shape index (κ1) is 13.1. The second-order valence-corrected chi connectivity index (χ2v) is 3.79. The highest BCUT2D eigenvalue weighted by Gasteiger charge is 2.30. The molecule has 0 N–H and O–H groups in total. The number of ketones is 1. The van der Waals surface area contributed by atoms with Gasteiger partial charge in [0.25, 0.3) is 0 Å². The summed E-state index contributed by atoms with van der Waals surface area (Å²) in [5.41, 5.74) is -0.588. The Morgan fingerprint density at radius 2 is 1.79 bits per heavy atom. The van der Waals surface area contributed by atoms with E-state index in [4.69, 9.17) is 4.42 Å². The standard InChI is InChI=1S/C14H9F3O2/c15-14(16,17)11-5-3-10(4-6-11)13(18)8-7-12-2-1-9-19-12/h1-9H. The quantitative estimate of drug-likeness (QED) is 0.615. The second kappa shape index (κ2) is 5.14. The molecule has 1 aromatic heterocycles. The maximum atomic E-state index is 12.3. The van der Waals surface area contributed by atoms with Gasteiger partial charge >= 0.3 is 6.18 Å². The Kier molecular flexibility index (Phi) is 3.55. The fourth-order valence-electron chi connectivity index (χ4n) is 1.46. The fraction of sp³-hybridized carbons (Fsp3) is 0.0714. The molecular weight excluding hydrogens is 257 g/mol. The molecule has 0 aliphatic heterocycles. The van der Waals surface area contributed by atoms with Crippen molar-refractivity contribution >= 4 is 11.9 Å².